The highest BCUT2D eigenvalue weighted by molar-refractivity contribution is 5.51. The number of hydrogen-bond donors (Lipinski definition) is 0. The number of rotatable bonds is 7. The second kappa shape index (κ2) is 6.13. The number of halogens is 2. The van der Waals surface area contributed by atoms with E-state index in [4.69, 9.17) is 4.74 Å². The Morgan fingerprint density at radius 2 is 2.05 bits per heavy atom. The van der Waals surface area contributed by atoms with Gasteiger partial charge in [0.15, 0.2) is 17.4 Å². The summed E-state index contributed by atoms with van der Waals surface area (Å²) in [6.07, 6.45) is 3.83. The van der Waals surface area contributed by atoms with Gasteiger partial charge in [-0.05, 0) is 42.4 Å². The van der Waals surface area contributed by atoms with Crippen LogP contribution in [0, 0.1) is 17.6 Å². The van der Waals surface area contributed by atoms with Crippen LogP contribution >= 0.6 is 0 Å². The summed E-state index contributed by atoms with van der Waals surface area (Å²) in [6, 6.07) is 2.67. The van der Waals surface area contributed by atoms with E-state index in [2.05, 4.69) is 0 Å². The zero-order valence-corrected chi connectivity index (χ0v) is 11.0. The van der Waals surface area contributed by atoms with Crippen molar-refractivity contribution in [2.45, 2.75) is 38.5 Å². The van der Waals surface area contributed by atoms with Crippen LogP contribution in [0.3, 0.4) is 0 Å². The topological polar surface area (TPSA) is 26.3 Å². The minimum Gasteiger partial charge on any atom is -0.488 e. The molecule has 0 amide bonds. The highest BCUT2D eigenvalue weighted by Gasteiger charge is 2.38. The lowest BCUT2D eigenvalue weighted by molar-refractivity contribution is -0.108. The van der Waals surface area contributed by atoms with Gasteiger partial charge in [-0.2, -0.15) is 0 Å². The van der Waals surface area contributed by atoms with E-state index in [0.717, 1.165) is 25.5 Å². The summed E-state index contributed by atoms with van der Waals surface area (Å²) < 4.78 is 32.7. The van der Waals surface area contributed by atoms with Crippen LogP contribution in [0.1, 0.15) is 44.1 Å². The molecule has 0 bridgehead atoms. The second-order valence-electron chi connectivity index (χ2n) is 5.02. The SMILES string of the molecule is CCCCOc1c(F)cc(C2CC2CC=O)cc1F. The van der Waals surface area contributed by atoms with Gasteiger partial charge in [-0.25, -0.2) is 8.78 Å². The lowest BCUT2D eigenvalue weighted by Crippen LogP contribution is -2.02. The Hall–Kier alpha value is -1.45. The van der Waals surface area contributed by atoms with Gasteiger partial charge < -0.3 is 9.53 Å². The first kappa shape index (κ1) is 14.0. The van der Waals surface area contributed by atoms with E-state index in [1.807, 2.05) is 6.92 Å². The third kappa shape index (κ3) is 3.31. The Morgan fingerprint density at radius 3 is 2.63 bits per heavy atom. The molecule has 0 heterocycles. The Labute approximate surface area is 111 Å². The Morgan fingerprint density at radius 1 is 1.37 bits per heavy atom. The molecule has 0 radical (unpaired) electrons. The molecule has 2 nitrogen and oxygen atoms in total. The fourth-order valence-electron chi connectivity index (χ4n) is 2.29. The molecule has 2 rings (SSSR count). The standard InChI is InChI=1S/C15H18F2O2/c1-2-3-6-19-15-13(16)8-11(9-14(15)17)12-7-10(12)4-5-18/h5,8-10,12H,2-4,6-7H2,1H3. The third-order valence-electron chi connectivity index (χ3n) is 3.51. The van der Waals surface area contributed by atoms with Crippen LogP contribution in [0.15, 0.2) is 12.1 Å². The average molecular weight is 268 g/mol. The van der Waals surface area contributed by atoms with E-state index in [0.29, 0.717) is 18.6 Å². The first-order valence-corrected chi connectivity index (χ1v) is 6.72. The molecule has 19 heavy (non-hydrogen) atoms. The van der Waals surface area contributed by atoms with E-state index >= 15 is 0 Å². The fraction of sp³-hybridized carbons (Fsp3) is 0.533. The van der Waals surface area contributed by atoms with Crippen molar-refractivity contribution < 1.29 is 18.3 Å². The van der Waals surface area contributed by atoms with Gasteiger partial charge in [-0.1, -0.05) is 13.3 Å². The van der Waals surface area contributed by atoms with Crippen molar-refractivity contribution in [3.8, 4) is 5.75 Å². The second-order valence-corrected chi connectivity index (χ2v) is 5.02. The first-order chi connectivity index (χ1) is 9.17. The maximum atomic E-state index is 13.8. The summed E-state index contributed by atoms with van der Waals surface area (Å²) in [6.45, 7) is 2.31. The molecule has 0 aliphatic heterocycles. The Balaban J connectivity index is 2.07. The van der Waals surface area contributed by atoms with Crippen LogP contribution in [0.2, 0.25) is 0 Å². The van der Waals surface area contributed by atoms with Gasteiger partial charge in [0.2, 0.25) is 0 Å². The Bertz CT molecular complexity index is 436. The highest BCUT2D eigenvalue weighted by Crippen LogP contribution is 2.49. The van der Waals surface area contributed by atoms with Crippen molar-refractivity contribution in [2.24, 2.45) is 5.92 Å². The van der Waals surface area contributed by atoms with Gasteiger partial charge >= 0.3 is 0 Å². The first-order valence-electron chi connectivity index (χ1n) is 6.72. The highest BCUT2D eigenvalue weighted by atomic mass is 19.1. The van der Waals surface area contributed by atoms with E-state index in [9.17, 15) is 13.6 Å². The number of ether oxygens (including phenoxy) is 1. The average Bonchev–Trinajstić information content (AvgIpc) is 3.12. The molecule has 1 saturated carbocycles. The summed E-state index contributed by atoms with van der Waals surface area (Å²) in [4.78, 5) is 10.4. The number of carbonyl (C=O) groups is 1. The summed E-state index contributed by atoms with van der Waals surface area (Å²) in [5.41, 5.74) is 0.629. The molecular weight excluding hydrogens is 250 g/mol. The van der Waals surface area contributed by atoms with Gasteiger partial charge in [0.1, 0.15) is 6.29 Å². The molecule has 1 aliphatic rings. The molecule has 4 heteroatoms. The van der Waals surface area contributed by atoms with Crippen molar-refractivity contribution >= 4 is 6.29 Å². The number of benzene rings is 1. The molecule has 2 atom stereocenters. The van der Waals surface area contributed by atoms with Crippen molar-refractivity contribution in [2.75, 3.05) is 6.61 Å². The number of carbonyl (C=O) groups excluding carboxylic acids is 1. The molecule has 1 aliphatic carbocycles. The molecule has 0 spiro atoms. The number of hydrogen-bond acceptors (Lipinski definition) is 2. The zero-order chi connectivity index (χ0) is 13.8. The normalized spacial score (nSPS) is 21.2. The van der Waals surface area contributed by atoms with Gasteiger partial charge in [0.05, 0.1) is 6.61 Å². The van der Waals surface area contributed by atoms with Crippen molar-refractivity contribution in [3.05, 3.63) is 29.3 Å². The third-order valence-corrected chi connectivity index (χ3v) is 3.51. The van der Waals surface area contributed by atoms with Crippen molar-refractivity contribution in [3.63, 3.8) is 0 Å². The zero-order valence-electron chi connectivity index (χ0n) is 11.0. The summed E-state index contributed by atoms with van der Waals surface area (Å²) in [5.74, 6) is -1.24. The predicted octanol–water partition coefficient (Wildman–Crippen LogP) is 3.84. The van der Waals surface area contributed by atoms with Crippen LogP contribution in [0.4, 0.5) is 8.78 Å². The lowest BCUT2D eigenvalue weighted by Gasteiger charge is -2.09. The summed E-state index contributed by atoms with van der Waals surface area (Å²) >= 11 is 0. The van der Waals surface area contributed by atoms with Crippen LogP contribution in [0.25, 0.3) is 0 Å². The predicted molar refractivity (Wildman–Crippen MR) is 68.3 cm³/mol. The summed E-state index contributed by atoms with van der Waals surface area (Å²) in [5, 5.41) is 0. The number of aldehydes is 1. The van der Waals surface area contributed by atoms with Crippen LogP contribution in [0.5, 0.6) is 5.75 Å². The molecule has 104 valence electrons. The Kier molecular flexibility index (Phi) is 4.51. The summed E-state index contributed by atoms with van der Waals surface area (Å²) in [7, 11) is 0. The molecule has 0 N–H and O–H groups in total. The minimum absolute atomic E-state index is 0.110. The van der Waals surface area contributed by atoms with E-state index in [1.54, 1.807) is 0 Å². The monoisotopic (exact) mass is 268 g/mol. The maximum absolute atomic E-state index is 13.8. The van der Waals surface area contributed by atoms with Gasteiger partial charge in [-0.15, -0.1) is 0 Å². The maximum Gasteiger partial charge on any atom is 0.190 e. The van der Waals surface area contributed by atoms with Gasteiger partial charge in [0.25, 0.3) is 0 Å². The van der Waals surface area contributed by atoms with Gasteiger partial charge in [0, 0.05) is 6.42 Å². The molecule has 1 aromatic rings. The smallest absolute Gasteiger partial charge is 0.190 e. The molecule has 0 aromatic heterocycles. The van der Waals surface area contributed by atoms with Crippen LogP contribution in [-0.2, 0) is 4.79 Å². The van der Waals surface area contributed by atoms with Crippen molar-refractivity contribution in [1.82, 2.24) is 0 Å². The van der Waals surface area contributed by atoms with Crippen molar-refractivity contribution in [1.29, 1.82) is 0 Å². The molecule has 1 fully saturated rings. The molecule has 2 unspecified atom stereocenters. The molecule has 0 saturated heterocycles. The largest absolute Gasteiger partial charge is 0.488 e. The van der Waals surface area contributed by atoms with E-state index < -0.39 is 11.6 Å². The van der Waals surface area contributed by atoms with Crippen LogP contribution in [-0.4, -0.2) is 12.9 Å². The van der Waals surface area contributed by atoms with E-state index in [1.165, 1.54) is 12.1 Å². The lowest BCUT2D eigenvalue weighted by atomic mass is 10.1. The molecule has 1 aromatic carbocycles. The van der Waals surface area contributed by atoms with Crippen LogP contribution < -0.4 is 4.74 Å². The minimum atomic E-state index is -0.650. The quantitative estimate of drug-likeness (QED) is 0.555. The van der Waals surface area contributed by atoms with Gasteiger partial charge in [-0.3, -0.25) is 0 Å². The van der Waals surface area contributed by atoms with E-state index in [-0.39, 0.29) is 17.6 Å². The molecular formula is C15H18F2O2. The fourth-order valence-corrected chi connectivity index (χ4v) is 2.29. The number of unbranched alkanes of at least 4 members (excludes halogenated alkanes) is 1.